The van der Waals surface area contributed by atoms with Crippen molar-refractivity contribution in [2.24, 2.45) is 0 Å². The Balaban J connectivity index is 2.19. The van der Waals surface area contributed by atoms with Gasteiger partial charge in [0.2, 0.25) is 0 Å². The summed E-state index contributed by atoms with van der Waals surface area (Å²) in [6.07, 6.45) is 2.64. The Morgan fingerprint density at radius 1 is 1.50 bits per heavy atom. The van der Waals surface area contributed by atoms with E-state index in [4.69, 9.17) is 0 Å². The fraction of sp³-hybridized carbons (Fsp3) is 1.00. The Labute approximate surface area is 59.0 Å². The van der Waals surface area contributed by atoms with Crippen LogP contribution >= 0.6 is 15.9 Å². The van der Waals surface area contributed by atoms with Crippen LogP contribution < -0.4 is 5.32 Å². The summed E-state index contributed by atoms with van der Waals surface area (Å²) in [6.45, 7) is 3.38. The van der Waals surface area contributed by atoms with Crippen LogP contribution in [0.2, 0.25) is 0 Å². The van der Waals surface area contributed by atoms with Crippen molar-refractivity contribution < 1.29 is 0 Å². The molecule has 1 fully saturated rings. The van der Waals surface area contributed by atoms with E-state index in [1.807, 2.05) is 0 Å². The third-order valence-corrected chi connectivity index (χ3v) is 2.38. The largest absolute Gasteiger partial charge is 0.313 e. The molecule has 8 heavy (non-hydrogen) atoms. The standard InChI is InChI=1S/C6H12BrN/c1-5-2-3-6(7)4-8-5/h5-6,8H,2-4H2,1H3. The van der Waals surface area contributed by atoms with Crippen LogP contribution in [0.25, 0.3) is 0 Å². The third-order valence-electron chi connectivity index (χ3n) is 1.60. The Bertz CT molecular complexity index is 56.9. The van der Waals surface area contributed by atoms with E-state index in [-0.39, 0.29) is 0 Å². The second kappa shape index (κ2) is 2.83. The van der Waals surface area contributed by atoms with Crippen molar-refractivity contribution in [2.75, 3.05) is 6.54 Å². The third kappa shape index (κ3) is 1.75. The summed E-state index contributed by atoms with van der Waals surface area (Å²) < 4.78 is 0. The van der Waals surface area contributed by atoms with Gasteiger partial charge in [0.25, 0.3) is 0 Å². The first-order valence-corrected chi connectivity index (χ1v) is 4.08. The number of rotatable bonds is 0. The van der Waals surface area contributed by atoms with E-state index in [0.717, 1.165) is 17.4 Å². The van der Waals surface area contributed by atoms with Crippen molar-refractivity contribution in [1.82, 2.24) is 5.32 Å². The molecule has 0 aromatic carbocycles. The number of piperidine rings is 1. The fourth-order valence-corrected chi connectivity index (χ4v) is 1.42. The lowest BCUT2D eigenvalue weighted by atomic mass is 10.1. The molecule has 1 heterocycles. The van der Waals surface area contributed by atoms with Crippen molar-refractivity contribution in [3.63, 3.8) is 0 Å². The van der Waals surface area contributed by atoms with Gasteiger partial charge in [-0.05, 0) is 19.8 Å². The van der Waals surface area contributed by atoms with Crippen molar-refractivity contribution in [1.29, 1.82) is 0 Å². The fourth-order valence-electron chi connectivity index (χ4n) is 0.964. The monoisotopic (exact) mass is 177 g/mol. The predicted molar refractivity (Wildman–Crippen MR) is 39.4 cm³/mol. The van der Waals surface area contributed by atoms with E-state index in [2.05, 4.69) is 28.2 Å². The average molecular weight is 178 g/mol. The zero-order valence-corrected chi connectivity index (χ0v) is 6.74. The first-order valence-electron chi connectivity index (χ1n) is 3.16. The molecule has 1 aliphatic heterocycles. The molecule has 2 atom stereocenters. The lowest BCUT2D eigenvalue weighted by Crippen LogP contribution is -2.36. The maximum absolute atomic E-state index is 3.55. The highest BCUT2D eigenvalue weighted by Gasteiger charge is 2.13. The van der Waals surface area contributed by atoms with E-state index in [1.165, 1.54) is 12.8 Å². The van der Waals surface area contributed by atoms with Gasteiger partial charge in [0.05, 0.1) is 0 Å². The van der Waals surface area contributed by atoms with Gasteiger partial charge in [0.15, 0.2) is 0 Å². The lowest BCUT2D eigenvalue weighted by molar-refractivity contribution is 0.436. The van der Waals surface area contributed by atoms with Gasteiger partial charge < -0.3 is 5.32 Å². The van der Waals surface area contributed by atoms with Crippen LogP contribution in [0.5, 0.6) is 0 Å². The summed E-state index contributed by atoms with van der Waals surface area (Å²) in [5.41, 5.74) is 0. The van der Waals surface area contributed by atoms with Gasteiger partial charge >= 0.3 is 0 Å². The first-order chi connectivity index (χ1) is 3.79. The van der Waals surface area contributed by atoms with Gasteiger partial charge in [-0.15, -0.1) is 0 Å². The Hall–Kier alpha value is 0.440. The van der Waals surface area contributed by atoms with Crippen LogP contribution in [0.1, 0.15) is 19.8 Å². The molecule has 0 spiro atoms. The van der Waals surface area contributed by atoms with Crippen LogP contribution in [0.4, 0.5) is 0 Å². The van der Waals surface area contributed by atoms with Crippen LogP contribution in [0.3, 0.4) is 0 Å². The first kappa shape index (κ1) is 6.56. The lowest BCUT2D eigenvalue weighted by Gasteiger charge is -2.23. The normalized spacial score (nSPS) is 39.8. The molecule has 1 saturated heterocycles. The summed E-state index contributed by atoms with van der Waals surface area (Å²) in [4.78, 5) is 0.721. The Morgan fingerprint density at radius 2 is 2.25 bits per heavy atom. The second-order valence-corrected chi connectivity index (χ2v) is 3.78. The molecule has 2 unspecified atom stereocenters. The molecule has 0 bridgehead atoms. The molecule has 1 aliphatic rings. The molecule has 48 valence electrons. The highest BCUT2D eigenvalue weighted by molar-refractivity contribution is 9.09. The minimum Gasteiger partial charge on any atom is -0.313 e. The van der Waals surface area contributed by atoms with Crippen molar-refractivity contribution >= 4 is 15.9 Å². The summed E-state index contributed by atoms with van der Waals surface area (Å²) in [6, 6.07) is 0.740. The predicted octanol–water partition coefficient (Wildman–Crippen LogP) is 1.52. The number of nitrogens with one attached hydrogen (secondary N) is 1. The van der Waals surface area contributed by atoms with Gasteiger partial charge in [-0.25, -0.2) is 0 Å². The Kier molecular flexibility index (Phi) is 2.32. The average Bonchev–Trinajstić information content (AvgIpc) is 1.77. The topological polar surface area (TPSA) is 12.0 Å². The van der Waals surface area contributed by atoms with Crippen LogP contribution in [-0.4, -0.2) is 17.4 Å². The maximum atomic E-state index is 3.55. The molecule has 0 saturated carbocycles. The van der Waals surface area contributed by atoms with E-state index in [1.54, 1.807) is 0 Å². The van der Waals surface area contributed by atoms with E-state index >= 15 is 0 Å². The minimum absolute atomic E-state index is 0.721. The smallest absolute Gasteiger partial charge is 0.0271 e. The molecular weight excluding hydrogens is 166 g/mol. The number of alkyl halides is 1. The molecule has 1 rings (SSSR count). The van der Waals surface area contributed by atoms with Crippen LogP contribution in [0.15, 0.2) is 0 Å². The van der Waals surface area contributed by atoms with Gasteiger partial charge in [0.1, 0.15) is 0 Å². The SMILES string of the molecule is CC1CCC(Br)CN1. The summed E-state index contributed by atoms with van der Waals surface area (Å²) >= 11 is 3.55. The molecule has 1 nitrogen and oxygen atoms in total. The molecule has 0 radical (unpaired) electrons. The summed E-state index contributed by atoms with van der Waals surface area (Å²) in [5.74, 6) is 0. The Morgan fingerprint density at radius 3 is 2.62 bits per heavy atom. The van der Waals surface area contributed by atoms with Gasteiger partial charge in [-0.3, -0.25) is 0 Å². The number of hydrogen-bond donors (Lipinski definition) is 1. The number of hydrogen-bond acceptors (Lipinski definition) is 1. The molecular formula is C6H12BrN. The zero-order valence-electron chi connectivity index (χ0n) is 5.15. The quantitative estimate of drug-likeness (QED) is 0.554. The van der Waals surface area contributed by atoms with Crippen molar-refractivity contribution in [3.05, 3.63) is 0 Å². The highest BCUT2D eigenvalue weighted by atomic mass is 79.9. The van der Waals surface area contributed by atoms with Crippen LogP contribution in [-0.2, 0) is 0 Å². The zero-order chi connectivity index (χ0) is 5.98. The van der Waals surface area contributed by atoms with Gasteiger partial charge in [0, 0.05) is 17.4 Å². The van der Waals surface area contributed by atoms with E-state index < -0.39 is 0 Å². The van der Waals surface area contributed by atoms with E-state index in [9.17, 15) is 0 Å². The van der Waals surface area contributed by atoms with E-state index in [0.29, 0.717) is 0 Å². The highest BCUT2D eigenvalue weighted by Crippen LogP contribution is 2.13. The van der Waals surface area contributed by atoms with Crippen LogP contribution in [0, 0.1) is 0 Å². The molecule has 0 aromatic rings. The molecule has 0 aromatic heterocycles. The van der Waals surface area contributed by atoms with Gasteiger partial charge in [-0.2, -0.15) is 0 Å². The van der Waals surface area contributed by atoms with Gasteiger partial charge in [-0.1, -0.05) is 15.9 Å². The van der Waals surface area contributed by atoms with Crippen molar-refractivity contribution in [2.45, 2.75) is 30.6 Å². The maximum Gasteiger partial charge on any atom is 0.0271 e. The summed E-state index contributed by atoms with van der Waals surface area (Å²) in [7, 11) is 0. The molecule has 2 heteroatoms. The second-order valence-electron chi connectivity index (χ2n) is 2.48. The van der Waals surface area contributed by atoms with Crippen molar-refractivity contribution in [3.8, 4) is 0 Å². The minimum atomic E-state index is 0.721. The summed E-state index contributed by atoms with van der Waals surface area (Å²) in [5, 5.41) is 3.38. The molecule has 0 amide bonds. The molecule has 1 N–H and O–H groups in total. The number of halogens is 1. The molecule has 0 aliphatic carbocycles.